The van der Waals surface area contributed by atoms with Gasteiger partial charge in [0.1, 0.15) is 5.82 Å². The maximum Gasteiger partial charge on any atom is 0.261 e. The van der Waals surface area contributed by atoms with E-state index in [1.165, 1.54) is 4.31 Å². The normalized spacial score (nSPS) is 17.2. The average molecular weight is 461 g/mol. The van der Waals surface area contributed by atoms with Crippen LogP contribution in [0, 0.1) is 6.92 Å². The molecule has 1 unspecified atom stereocenters. The van der Waals surface area contributed by atoms with E-state index < -0.39 is 10.0 Å². The number of rotatable bonds is 4. The summed E-state index contributed by atoms with van der Waals surface area (Å²) in [6.07, 6.45) is 0. The van der Waals surface area contributed by atoms with Gasteiger partial charge in [-0.05, 0) is 44.2 Å². The van der Waals surface area contributed by atoms with Crippen LogP contribution in [-0.2, 0) is 17.1 Å². The van der Waals surface area contributed by atoms with Gasteiger partial charge in [-0.15, -0.1) is 0 Å². The highest BCUT2D eigenvalue weighted by Crippen LogP contribution is 2.24. The molecule has 164 valence electrons. The van der Waals surface area contributed by atoms with Crippen molar-refractivity contribution in [2.75, 3.05) is 26.2 Å². The van der Waals surface area contributed by atoms with Crippen molar-refractivity contribution in [2.24, 2.45) is 7.05 Å². The van der Waals surface area contributed by atoms with Crippen LogP contribution in [0.5, 0.6) is 0 Å². The zero-order chi connectivity index (χ0) is 22.3. The molecule has 0 saturated carbocycles. The molecule has 1 aliphatic rings. The van der Waals surface area contributed by atoms with Crippen molar-refractivity contribution in [1.82, 2.24) is 18.8 Å². The molecule has 31 heavy (non-hydrogen) atoms. The van der Waals surface area contributed by atoms with E-state index in [0.29, 0.717) is 52.8 Å². The Kier molecular flexibility index (Phi) is 5.91. The lowest BCUT2D eigenvalue weighted by Gasteiger charge is -2.37. The lowest BCUT2D eigenvalue weighted by atomic mass is 10.2. The Morgan fingerprint density at radius 1 is 1.03 bits per heavy atom. The van der Waals surface area contributed by atoms with E-state index in [4.69, 9.17) is 16.6 Å². The van der Waals surface area contributed by atoms with Gasteiger partial charge in [-0.3, -0.25) is 14.3 Å². The summed E-state index contributed by atoms with van der Waals surface area (Å²) >= 11 is 6.09. The summed E-state index contributed by atoms with van der Waals surface area (Å²) in [5.74, 6) is 0.634. The molecule has 3 aromatic rings. The minimum Gasteiger partial charge on any atom is -0.298 e. The smallest absolute Gasteiger partial charge is 0.261 e. The number of halogens is 1. The van der Waals surface area contributed by atoms with E-state index in [-0.39, 0.29) is 11.6 Å². The van der Waals surface area contributed by atoms with Gasteiger partial charge in [-0.1, -0.05) is 29.3 Å². The van der Waals surface area contributed by atoms with Gasteiger partial charge in [0.05, 0.1) is 21.8 Å². The zero-order valence-corrected chi connectivity index (χ0v) is 19.3. The number of nitrogens with zero attached hydrogens (tertiary/aromatic N) is 4. The molecular weight excluding hydrogens is 436 g/mol. The Morgan fingerprint density at radius 2 is 1.68 bits per heavy atom. The molecule has 0 N–H and O–H groups in total. The number of benzene rings is 2. The number of aromatic nitrogens is 2. The molecule has 9 heteroatoms. The van der Waals surface area contributed by atoms with E-state index >= 15 is 0 Å². The largest absolute Gasteiger partial charge is 0.298 e. The number of sulfonamides is 1. The molecule has 0 radical (unpaired) electrons. The van der Waals surface area contributed by atoms with Gasteiger partial charge in [0.25, 0.3) is 5.56 Å². The number of hydrogen-bond donors (Lipinski definition) is 0. The number of fused-ring (bicyclic) bond motifs is 1. The highest BCUT2D eigenvalue weighted by Gasteiger charge is 2.31. The second-order valence-corrected chi connectivity index (χ2v) is 10.3. The molecule has 0 bridgehead atoms. The van der Waals surface area contributed by atoms with E-state index in [1.807, 2.05) is 26.0 Å². The Labute approximate surface area is 186 Å². The minimum atomic E-state index is -3.52. The first-order valence-corrected chi connectivity index (χ1v) is 12.0. The van der Waals surface area contributed by atoms with Crippen LogP contribution in [0.25, 0.3) is 10.9 Å². The van der Waals surface area contributed by atoms with Crippen LogP contribution in [-0.4, -0.2) is 53.4 Å². The second kappa shape index (κ2) is 8.35. The third-order valence-corrected chi connectivity index (χ3v) is 8.07. The van der Waals surface area contributed by atoms with Crippen molar-refractivity contribution in [3.8, 4) is 0 Å². The number of aryl methyl sites for hydroxylation is 1. The van der Waals surface area contributed by atoms with Gasteiger partial charge in [0.2, 0.25) is 10.0 Å². The SMILES string of the molecule is Cc1ccc(S(=O)(=O)N2CCN(C(C)c3nc4cc(Cl)ccc4c(=O)n3C)CC2)cc1. The summed E-state index contributed by atoms with van der Waals surface area (Å²) in [5, 5.41) is 1.05. The molecule has 0 spiro atoms. The summed E-state index contributed by atoms with van der Waals surface area (Å²) in [7, 11) is -1.80. The van der Waals surface area contributed by atoms with E-state index in [9.17, 15) is 13.2 Å². The Hall–Kier alpha value is -2.26. The van der Waals surface area contributed by atoms with Crippen LogP contribution in [0.1, 0.15) is 24.4 Å². The van der Waals surface area contributed by atoms with E-state index in [1.54, 1.807) is 41.9 Å². The molecule has 2 aromatic carbocycles. The first-order valence-electron chi connectivity index (χ1n) is 10.2. The first-order chi connectivity index (χ1) is 14.7. The fraction of sp³-hybridized carbons (Fsp3) is 0.364. The van der Waals surface area contributed by atoms with Crippen LogP contribution in [0.2, 0.25) is 5.02 Å². The lowest BCUT2D eigenvalue weighted by Crippen LogP contribution is -2.49. The molecule has 2 heterocycles. The fourth-order valence-electron chi connectivity index (χ4n) is 3.99. The van der Waals surface area contributed by atoms with Gasteiger partial charge < -0.3 is 0 Å². The zero-order valence-electron chi connectivity index (χ0n) is 17.7. The van der Waals surface area contributed by atoms with Gasteiger partial charge in [0, 0.05) is 38.2 Å². The standard InChI is InChI=1S/C22H25ClN4O3S/c1-15-4-7-18(8-5-15)31(29,30)27-12-10-26(11-13-27)16(2)21-24-20-14-17(23)6-9-19(20)22(28)25(21)3/h4-9,14,16H,10-13H2,1-3H3. The van der Waals surface area contributed by atoms with Crippen LogP contribution >= 0.6 is 11.6 Å². The van der Waals surface area contributed by atoms with Gasteiger partial charge in [-0.2, -0.15) is 4.31 Å². The van der Waals surface area contributed by atoms with Crippen molar-refractivity contribution >= 4 is 32.5 Å². The number of hydrogen-bond acceptors (Lipinski definition) is 5. The van der Waals surface area contributed by atoms with E-state index in [2.05, 4.69) is 4.90 Å². The summed E-state index contributed by atoms with van der Waals surface area (Å²) < 4.78 is 29.0. The Morgan fingerprint density at radius 3 is 2.32 bits per heavy atom. The van der Waals surface area contributed by atoms with Crippen LogP contribution < -0.4 is 5.56 Å². The van der Waals surface area contributed by atoms with Crippen molar-refractivity contribution < 1.29 is 8.42 Å². The van der Waals surface area contributed by atoms with Crippen molar-refractivity contribution in [2.45, 2.75) is 24.8 Å². The first kappa shape index (κ1) is 22.0. The third-order valence-electron chi connectivity index (χ3n) is 5.93. The van der Waals surface area contributed by atoms with Crippen molar-refractivity contribution in [1.29, 1.82) is 0 Å². The third kappa shape index (κ3) is 4.13. The molecule has 1 atom stereocenters. The molecule has 0 aliphatic carbocycles. The predicted molar refractivity (Wildman–Crippen MR) is 122 cm³/mol. The highest BCUT2D eigenvalue weighted by molar-refractivity contribution is 7.89. The molecule has 1 fully saturated rings. The molecule has 1 aliphatic heterocycles. The van der Waals surface area contributed by atoms with Gasteiger partial charge >= 0.3 is 0 Å². The second-order valence-electron chi connectivity index (χ2n) is 7.92. The Bertz CT molecular complexity index is 1280. The van der Waals surface area contributed by atoms with Crippen molar-refractivity contribution in [3.63, 3.8) is 0 Å². The maximum absolute atomic E-state index is 13.0. The number of piperazine rings is 1. The molecule has 0 amide bonds. The summed E-state index contributed by atoms with van der Waals surface area (Å²) in [4.78, 5) is 20.0. The molecule has 4 rings (SSSR count). The molecular formula is C22H25ClN4O3S. The average Bonchev–Trinajstić information content (AvgIpc) is 2.76. The van der Waals surface area contributed by atoms with Crippen LogP contribution in [0.4, 0.5) is 0 Å². The quantitative estimate of drug-likeness (QED) is 0.598. The van der Waals surface area contributed by atoms with Crippen LogP contribution in [0.15, 0.2) is 52.2 Å². The summed E-state index contributed by atoms with van der Waals surface area (Å²) in [6.45, 7) is 5.79. The molecule has 1 aromatic heterocycles. The predicted octanol–water partition coefficient (Wildman–Crippen LogP) is 2.96. The monoisotopic (exact) mass is 460 g/mol. The molecule has 1 saturated heterocycles. The van der Waals surface area contributed by atoms with E-state index in [0.717, 1.165) is 5.56 Å². The van der Waals surface area contributed by atoms with Gasteiger partial charge in [-0.25, -0.2) is 13.4 Å². The lowest BCUT2D eigenvalue weighted by molar-refractivity contribution is 0.139. The molecule has 7 nitrogen and oxygen atoms in total. The highest BCUT2D eigenvalue weighted by atomic mass is 35.5. The summed E-state index contributed by atoms with van der Waals surface area (Å²) in [6, 6.07) is 11.8. The van der Waals surface area contributed by atoms with Gasteiger partial charge in [0.15, 0.2) is 0 Å². The van der Waals surface area contributed by atoms with Crippen LogP contribution in [0.3, 0.4) is 0 Å². The van der Waals surface area contributed by atoms with Crippen molar-refractivity contribution in [3.05, 3.63) is 69.2 Å². The topological polar surface area (TPSA) is 75.5 Å². The Balaban J connectivity index is 1.55. The summed E-state index contributed by atoms with van der Waals surface area (Å²) in [5.41, 5.74) is 1.47. The minimum absolute atomic E-state index is 0.121. The maximum atomic E-state index is 13.0. The fourth-order valence-corrected chi connectivity index (χ4v) is 5.58.